The normalized spacial score (nSPS) is 23.8. The maximum Gasteiger partial charge on any atom is 0.224 e. The molecule has 0 radical (unpaired) electrons. The Morgan fingerprint density at radius 2 is 2.22 bits per heavy atom. The van der Waals surface area contributed by atoms with Crippen molar-refractivity contribution in [2.24, 2.45) is 5.92 Å². The predicted octanol–water partition coefficient (Wildman–Crippen LogP) is 1.20. The fourth-order valence-electron chi connectivity index (χ4n) is 2.09. The van der Waals surface area contributed by atoms with Gasteiger partial charge in [-0.05, 0) is 32.4 Å². The van der Waals surface area contributed by atoms with Gasteiger partial charge in [-0.15, -0.1) is 0 Å². The molecule has 2 rings (SSSR count). The minimum absolute atomic E-state index is 0.0390. The first-order valence-corrected chi connectivity index (χ1v) is 7.76. The smallest absolute Gasteiger partial charge is 0.224 e. The summed E-state index contributed by atoms with van der Waals surface area (Å²) < 4.78 is 28.0. The molecule has 1 amide bonds. The molecule has 0 aliphatic carbocycles. The average Bonchev–Trinajstić information content (AvgIpc) is 2.84. The van der Waals surface area contributed by atoms with Gasteiger partial charge in [0, 0.05) is 0 Å². The third-order valence-corrected chi connectivity index (χ3v) is 4.92. The Morgan fingerprint density at radius 3 is 2.72 bits per heavy atom. The molecule has 0 saturated carbocycles. The van der Waals surface area contributed by atoms with Gasteiger partial charge in [-0.2, -0.15) is 0 Å². The summed E-state index contributed by atoms with van der Waals surface area (Å²) in [5, 5.41) is 2.79. The minimum Gasteiger partial charge on any atom is -0.464 e. The maximum absolute atomic E-state index is 11.9. The van der Waals surface area contributed by atoms with Gasteiger partial charge in [0.2, 0.25) is 5.91 Å². The maximum atomic E-state index is 11.9. The molecule has 2 unspecified atom stereocenters. The number of rotatable bonds is 3. The van der Waals surface area contributed by atoms with E-state index in [4.69, 9.17) is 4.42 Å². The standard InChI is InChI=1S/C12H17NO4S/c1-8-3-4-11(17-8)9(2)13-12(14)10-5-6-18(15,16)7-10/h3-4,9-10H,5-7H2,1-2H3,(H,13,14). The third kappa shape index (κ3) is 2.93. The predicted molar refractivity (Wildman–Crippen MR) is 66.8 cm³/mol. The Balaban J connectivity index is 1.96. The van der Waals surface area contributed by atoms with E-state index in [2.05, 4.69) is 5.32 Å². The van der Waals surface area contributed by atoms with E-state index in [9.17, 15) is 13.2 Å². The molecule has 1 aromatic rings. The number of amides is 1. The number of hydrogen-bond acceptors (Lipinski definition) is 4. The fraction of sp³-hybridized carbons (Fsp3) is 0.583. The second-order valence-corrected chi connectivity index (χ2v) is 7.01. The van der Waals surface area contributed by atoms with Crippen molar-refractivity contribution in [2.45, 2.75) is 26.3 Å². The molecule has 1 N–H and O–H groups in total. The van der Waals surface area contributed by atoms with E-state index in [1.807, 2.05) is 26.0 Å². The summed E-state index contributed by atoms with van der Waals surface area (Å²) in [4.78, 5) is 11.9. The topological polar surface area (TPSA) is 76.4 Å². The average molecular weight is 271 g/mol. The summed E-state index contributed by atoms with van der Waals surface area (Å²) >= 11 is 0. The highest BCUT2D eigenvalue weighted by Crippen LogP contribution is 2.21. The Kier molecular flexibility index (Phi) is 3.47. The van der Waals surface area contributed by atoms with Crippen LogP contribution in [0.25, 0.3) is 0 Å². The molecular formula is C12H17NO4S. The van der Waals surface area contributed by atoms with E-state index in [0.29, 0.717) is 12.2 Å². The quantitative estimate of drug-likeness (QED) is 0.896. The lowest BCUT2D eigenvalue weighted by atomic mass is 10.1. The van der Waals surface area contributed by atoms with E-state index in [-0.39, 0.29) is 23.5 Å². The molecule has 1 aliphatic rings. The number of sulfone groups is 1. The van der Waals surface area contributed by atoms with E-state index in [1.54, 1.807) is 0 Å². The molecule has 18 heavy (non-hydrogen) atoms. The van der Waals surface area contributed by atoms with Crippen molar-refractivity contribution in [3.05, 3.63) is 23.7 Å². The molecule has 5 nitrogen and oxygen atoms in total. The largest absolute Gasteiger partial charge is 0.464 e. The lowest BCUT2D eigenvalue weighted by Crippen LogP contribution is -2.33. The van der Waals surface area contributed by atoms with Crippen LogP contribution in [-0.2, 0) is 14.6 Å². The van der Waals surface area contributed by atoms with Crippen LogP contribution in [0.1, 0.15) is 30.9 Å². The van der Waals surface area contributed by atoms with Crippen LogP contribution >= 0.6 is 0 Å². The molecule has 1 saturated heterocycles. The minimum atomic E-state index is -3.02. The molecule has 1 aliphatic heterocycles. The molecule has 0 bridgehead atoms. The van der Waals surface area contributed by atoms with E-state index in [1.165, 1.54) is 0 Å². The van der Waals surface area contributed by atoms with Crippen molar-refractivity contribution in [3.63, 3.8) is 0 Å². The SMILES string of the molecule is Cc1ccc(C(C)NC(=O)C2CCS(=O)(=O)C2)o1. The highest BCUT2D eigenvalue weighted by Gasteiger charge is 2.33. The first-order chi connectivity index (χ1) is 8.37. The summed E-state index contributed by atoms with van der Waals surface area (Å²) in [6.45, 7) is 3.65. The lowest BCUT2D eigenvalue weighted by molar-refractivity contribution is -0.125. The van der Waals surface area contributed by atoms with E-state index >= 15 is 0 Å². The highest BCUT2D eigenvalue weighted by molar-refractivity contribution is 7.91. The Morgan fingerprint density at radius 1 is 1.50 bits per heavy atom. The molecule has 2 atom stereocenters. The zero-order valence-electron chi connectivity index (χ0n) is 10.5. The molecule has 0 aromatic carbocycles. The Bertz CT molecular complexity index is 546. The lowest BCUT2D eigenvalue weighted by Gasteiger charge is -2.14. The second-order valence-electron chi connectivity index (χ2n) is 4.78. The molecular weight excluding hydrogens is 254 g/mol. The molecule has 100 valence electrons. The van der Waals surface area contributed by atoms with Gasteiger partial charge in [-0.3, -0.25) is 4.79 Å². The zero-order chi connectivity index (χ0) is 13.3. The van der Waals surface area contributed by atoms with Crippen LogP contribution in [0.3, 0.4) is 0 Å². The van der Waals surface area contributed by atoms with Crippen LogP contribution in [0.2, 0.25) is 0 Å². The van der Waals surface area contributed by atoms with Crippen molar-refractivity contribution in [1.82, 2.24) is 5.32 Å². The first kappa shape index (κ1) is 13.1. The van der Waals surface area contributed by atoms with E-state index in [0.717, 1.165) is 5.76 Å². The van der Waals surface area contributed by atoms with Gasteiger partial charge in [0.1, 0.15) is 11.5 Å². The molecule has 1 fully saturated rings. The van der Waals surface area contributed by atoms with Gasteiger partial charge in [0.15, 0.2) is 9.84 Å². The number of carbonyl (C=O) groups excluding carboxylic acids is 1. The van der Waals surface area contributed by atoms with Gasteiger partial charge in [0.05, 0.1) is 23.5 Å². The first-order valence-electron chi connectivity index (χ1n) is 5.94. The van der Waals surface area contributed by atoms with Crippen molar-refractivity contribution in [1.29, 1.82) is 0 Å². The molecule has 2 heterocycles. The summed E-state index contributed by atoms with van der Waals surface area (Å²) in [5.74, 6) is 0.907. The van der Waals surface area contributed by atoms with Gasteiger partial charge in [-0.1, -0.05) is 0 Å². The third-order valence-electron chi connectivity index (χ3n) is 3.15. The van der Waals surface area contributed by atoms with Crippen LogP contribution in [-0.4, -0.2) is 25.8 Å². The Hall–Kier alpha value is -1.30. The molecule has 0 spiro atoms. The summed E-state index contributed by atoms with van der Waals surface area (Å²) in [6, 6.07) is 3.40. The van der Waals surface area contributed by atoms with Crippen molar-refractivity contribution in [2.75, 3.05) is 11.5 Å². The van der Waals surface area contributed by atoms with Crippen LogP contribution in [0, 0.1) is 12.8 Å². The second kappa shape index (κ2) is 4.76. The molecule has 6 heteroatoms. The summed E-state index contributed by atoms with van der Waals surface area (Å²) in [5.41, 5.74) is 0. The van der Waals surface area contributed by atoms with Crippen LogP contribution in [0.15, 0.2) is 16.5 Å². The Labute approximate surface area is 106 Å². The van der Waals surface area contributed by atoms with Gasteiger partial charge >= 0.3 is 0 Å². The number of nitrogens with one attached hydrogen (secondary N) is 1. The highest BCUT2D eigenvalue weighted by atomic mass is 32.2. The van der Waals surface area contributed by atoms with Crippen molar-refractivity contribution < 1.29 is 17.6 Å². The molecule has 1 aromatic heterocycles. The van der Waals surface area contributed by atoms with Crippen molar-refractivity contribution >= 4 is 15.7 Å². The number of furan rings is 1. The number of hydrogen-bond donors (Lipinski definition) is 1. The van der Waals surface area contributed by atoms with Crippen LogP contribution < -0.4 is 5.32 Å². The van der Waals surface area contributed by atoms with Crippen molar-refractivity contribution in [3.8, 4) is 0 Å². The monoisotopic (exact) mass is 271 g/mol. The van der Waals surface area contributed by atoms with Crippen LogP contribution in [0.5, 0.6) is 0 Å². The van der Waals surface area contributed by atoms with Gasteiger partial charge in [-0.25, -0.2) is 8.42 Å². The van der Waals surface area contributed by atoms with E-state index < -0.39 is 15.8 Å². The van der Waals surface area contributed by atoms with Gasteiger partial charge in [0.25, 0.3) is 0 Å². The summed E-state index contributed by atoms with van der Waals surface area (Å²) in [7, 11) is -3.02. The summed E-state index contributed by atoms with van der Waals surface area (Å²) in [6.07, 6.45) is 0.415. The fourth-order valence-corrected chi connectivity index (χ4v) is 3.83. The number of carbonyl (C=O) groups is 1. The number of aryl methyl sites for hydroxylation is 1. The zero-order valence-corrected chi connectivity index (χ0v) is 11.3. The van der Waals surface area contributed by atoms with Gasteiger partial charge < -0.3 is 9.73 Å². The van der Waals surface area contributed by atoms with Crippen LogP contribution in [0.4, 0.5) is 0 Å².